The van der Waals surface area contributed by atoms with E-state index in [0.717, 1.165) is 5.56 Å². The summed E-state index contributed by atoms with van der Waals surface area (Å²) in [5.41, 5.74) is 1.30. The van der Waals surface area contributed by atoms with Gasteiger partial charge in [-0.15, -0.1) is 0 Å². The first-order valence-electron chi connectivity index (χ1n) is 9.34. The van der Waals surface area contributed by atoms with Crippen LogP contribution in [0.1, 0.15) is 12.5 Å². The number of carbonyl (C=O) groups excluding carboxylic acids is 1. The van der Waals surface area contributed by atoms with Gasteiger partial charge in [-0.3, -0.25) is 4.90 Å². The number of pyridine rings is 1. The Morgan fingerprint density at radius 3 is 2.55 bits per heavy atom. The van der Waals surface area contributed by atoms with Crippen molar-refractivity contribution >= 4 is 50.8 Å². The molecule has 0 bridgehead atoms. The van der Waals surface area contributed by atoms with Gasteiger partial charge in [-0.05, 0) is 48.9 Å². The molecule has 0 fully saturated rings. The van der Waals surface area contributed by atoms with Crippen LogP contribution in [0.25, 0.3) is 0 Å². The van der Waals surface area contributed by atoms with Gasteiger partial charge in [0.1, 0.15) is 6.17 Å². The van der Waals surface area contributed by atoms with Crippen molar-refractivity contribution in [2.45, 2.75) is 24.5 Å². The van der Waals surface area contributed by atoms with Crippen LogP contribution in [0, 0.1) is 0 Å². The Hall–Kier alpha value is -2.81. The topological polar surface area (TPSA) is 82.6 Å². The highest BCUT2D eigenvalue weighted by Gasteiger charge is 2.39. The molecule has 2 aromatic carbocycles. The van der Waals surface area contributed by atoms with E-state index in [0.29, 0.717) is 28.1 Å². The van der Waals surface area contributed by atoms with Crippen molar-refractivity contribution in [1.29, 1.82) is 0 Å². The lowest BCUT2D eigenvalue weighted by atomic mass is 10.2. The normalized spacial score (nSPS) is 15.6. The first-order chi connectivity index (χ1) is 14.8. The van der Waals surface area contributed by atoms with Gasteiger partial charge < -0.3 is 4.90 Å². The van der Waals surface area contributed by atoms with Crippen LogP contribution in [0.3, 0.4) is 0 Å². The van der Waals surface area contributed by atoms with Gasteiger partial charge in [-0.1, -0.05) is 47.5 Å². The lowest BCUT2D eigenvalue weighted by Gasteiger charge is -2.28. The average Bonchev–Trinajstić information content (AvgIpc) is 3.02. The minimum atomic E-state index is -4.03. The number of hydrogen-bond acceptors (Lipinski definition) is 5. The Balaban J connectivity index is 1.64. The minimum absolute atomic E-state index is 0.00594. The van der Waals surface area contributed by atoms with Crippen LogP contribution in [0.5, 0.6) is 0 Å². The first-order valence-corrected chi connectivity index (χ1v) is 11.6. The quantitative estimate of drug-likeness (QED) is 0.591. The summed E-state index contributed by atoms with van der Waals surface area (Å²) in [6.07, 6.45) is 1.10. The van der Waals surface area contributed by atoms with Gasteiger partial charge in [0.05, 0.1) is 10.6 Å². The Morgan fingerprint density at radius 2 is 1.84 bits per heavy atom. The van der Waals surface area contributed by atoms with E-state index in [1.54, 1.807) is 55.6 Å². The number of amides is 2. The van der Waals surface area contributed by atoms with Crippen molar-refractivity contribution in [2.75, 3.05) is 9.80 Å². The van der Waals surface area contributed by atoms with E-state index in [2.05, 4.69) is 9.71 Å². The number of halogens is 2. The molecular formula is C21H18Cl2N4O3S. The number of sulfonamides is 1. The van der Waals surface area contributed by atoms with E-state index >= 15 is 0 Å². The average molecular weight is 477 g/mol. The second-order valence-corrected chi connectivity index (χ2v) is 9.46. The molecule has 31 heavy (non-hydrogen) atoms. The molecule has 3 aromatic rings. The van der Waals surface area contributed by atoms with Crippen LogP contribution >= 0.6 is 23.2 Å². The molecule has 1 aliphatic heterocycles. The molecule has 2 amide bonds. The zero-order chi connectivity index (χ0) is 22.2. The maximum Gasteiger partial charge on any atom is 0.337 e. The molecule has 0 saturated carbocycles. The van der Waals surface area contributed by atoms with Crippen molar-refractivity contribution < 1.29 is 13.2 Å². The fourth-order valence-corrected chi connectivity index (χ4v) is 4.89. The van der Waals surface area contributed by atoms with E-state index in [9.17, 15) is 13.2 Å². The largest absolute Gasteiger partial charge is 0.337 e. The smallest absolute Gasteiger partial charge is 0.330 e. The van der Waals surface area contributed by atoms with Gasteiger partial charge in [0.15, 0.2) is 5.82 Å². The summed E-state index contributed by atoms with van der Waals surface area (Å²) in [5, 5.41) is 1.01. The molecule has 1 atom stereocenters. The number of carbonyl (C=O) groups is 1. The van der Waals surface area contributed by atoms with Crippen molar-refractivity contribution in [3.63, 3.8) is 0 Å². The molecule has 0 saturated heterocycles. The van der Waals surface area contributed by atoms with Gasteiger partial charge in [-0.25, -0.2) is 22.9 Å². The molecule has 10 heteroatoms. The van der Waals surface area contributed by atoms with E-state index in [1.165, 1.54) is 17.0 Å². The summed E-state index contributed by atoms with van der Waals surface area (Å²) in [7, 11) is -4.03. The molecule has 7 nitrogen and oxygen atoms in total. The van der Waals surface area contributed by atoms with E-state index < -0.39 is 22.2 Å². The lowest BCUT2D eigenvalue weighted by Crippen LogP contribution is -2.49. The third-order valence-electron chi connectivity index (χ3n) is 4.97. The summed E-state index contributed by atoms with van der Waals surface area (Å²) in [6.45, 7) is 2.15. The number of anilines is 2. The lowest BCUT2D eigenvalue weighted by molar-refractivity contribution is 0.249. The molecule has 160 valence electrons. The Kier molecular flexibility index (Phi) is 5.79. The highest BCUT2D eigenvalue weighted by Crippen LogP contribution is 2.39. The summed E-state index contributed by atoms with van der Waals surface area (Å²) >= 11 is 12.3. The van der Waals surface area contributed by atoms with Crippen LogP contribution in [-0.4, -0.2) is 25.6 Å². The van der Waals surface area contributed by atoms with Crippen molar-refractivity contribution in [2.24, 2.45) is 0 Å². The minimum Gasteiger partial charge on any atom is -0.330 e. The van der Waals surface area contributed by atoms with Crippen LogP contribution in [0.4, 0.5) is 16.3 Å². The molecule has 1 aromatic heterocycles. The molecule has 0 spiro atoms. The van der Waals surface area contributed by atoms with E-state index in [4.69, 9.17) is 23.2 Å². The molecular weight excluding hydrogens is 459 g/mol. The van der Waals surface area contributed by atoms with E-state index in [1.807, 2.05) is 11.0 Å². The van der Waals surface area contributed by atoms with Crippen LogP contribution in [0.2, 0.25) is 10.0 Å². The van der Waals surface area contributed by atoms with Gasteiger partial charge in [0.2, 0.25) is 0 Å². The standard InChI is InChI=1S/C21H18Cl2N4O3S/c1-14-26(13-15-9-10-16(22)12-18(15)23)20-19(8-5-11-24-20)27(14)21(28)25-31(29,30)17-6-3-2-4-7-17/h2-12,14H,13H2,1H3,(H,25,28). The monoisotopic (exact) mass is 476 g/mol. The van der Waals surface area contributed by atoms with Crippen molar-refractivity contribution in [1.82, 2.24) is 9.71 Å². The molecule has 1 unspecified atom stereocenters. The SMILES string of the molecule is CC1N(Cc2ccc(Cl)cc2Cl)c2ncccc2N1C(=O)NS(=O)(=O)c1ccccc1. The van der Waals surface area contributed by atoms with Crippen LogP contribution < -0.4 is 14.5 Å². The third-order valence-corrected chi connectivity index (χ3v) is 6.90. The highest BCUT2D eigenvalue weighted by molar-refractivity contribution is 7.90. The number of benzene rings is 2. The number of nitrogens with zero attached hydrogens (tertiary/aromatic N) is 3. The maximum atomic E-state index is 13.1. The Labute approximate surface area is 190 Å². The summed E-state index contributed by atoms with van der Waals surface area (Å²) in [6, 6.07) is 15.6. The van der Waals surface area contributed by atoms with Gasteiger partial charge in [-0.2, -0.15) is 0 Å². The van der Waals surface area contributed by atoms with Crippen LogP contribution in [0.15, 0.2) is 71.8 Å². The highest BCUT2D eigenvalue weighted by atomic mass is 35.5. The second-order valence-electron chi connectivity index (χ2n) is 6.94. The van der Waals surface area contributed by atoms with Crippen molar-refractivity contribution in [3.05, 3.63) is 82.5 Å². The molecule has 4 rings (SSSR count). The fourth-order valence-electron chi connectivity index (χ4n) is 3.46. The molecule has 0 radical (unpaired) electrons. The fraction of sp³-hybridized carbons (Fsp3) is 0.143. The molecule has 1 N–H and O–H groups in total. The van der Waals surface area contributed by atoms with Gasteiger partial charge >= 0.3 is 6.03 Å². The predicted molar refractivity (Wildman–Crippen MR) is 121 cm³/mol. The molecule has 0 aliphatic carbocycles. The first kappa shape index (κ1) is 21.4. The summed E-state index contributed by atoms with van der Waals surface area (Å²) < 4.78 is 27.4. The number of fused-ring (bicyclic) bond motifs is 1. The number of aromatic nitrogens is 1. The second kappa shape index (κ2) is 8.37. The van der Waals surface area contributed by atoms with Gasteiger partial charge in [0, 0.05) is 22.8 Å². The molecule has 2 heterocycles. The van der Waals surface area contributed by atoms with Crippen LogP contribution in [-0.2, 0) is 16.6 Å². The summed E-state index contributed by atoms with van der Waals surface area (Å²) in [5.74, 6) is 0.549. The maximum absolute atomic E-state index is 13.1. The number of rotatable bonds is 4. The Morgan fingerprint density at radius 1 is 1.10 bits per heavy atom. The number of urea groups is 1. The zero-order valence-corrected chi connectivity index (χ0v) is 18.7. The predicted octanol–water partition coefficient (Wildman–Crippen LogP) is 4.66. The van der Waals surface area contributed by atoms with Crippen molar-refractivity contribution in [3.8, 4) is 0 Å². The third kappa shape index (κ3) is 4.19. The molecule has 1 aliphatic rings. The number of hydrogen-bond donors (Lipinski definition) is 1. The van der Waals surface area contributed by atoms with E-state index in [-0.39, 0.29) is 4.90 Å². The number of nitrogens with one attached hydrogen (secondary N) is 1. The Bertz CT molecular complexity index is 1240. The van der Waals surface area contributed by atoms with Gasteiger partial charge in [0.25, 0.3) is 10.0 Å². The summed E-state index contributed by atoms with van der Waals surface area (Å²) in [4.78, 5) is 20.7. The zero-order valence-electron chi connectivity index (χ0n) is 16.4.